The molecule has 0 heterocycles. The highest BCUT2D eigenvalue weighted by Crippen LogP contribution is 2.09. The molecule has 1 aromatic rings. The molecule has 1 rings (SSSR count). The van der Waals surface area contributed by atoms with Crippen LogP contribution in [0.1, 0.15) is 32.6 Å². The van der Waals surface area contributed by atoms with Gasteiger partial charge in [0.25, 0.3) is 0 Å². The molecule has 0 aromatic heterocycles. The fraction of sp³-hybridized carbons (Fsp3) is 0.500. The Morgan fingerprint density at radius 3 is 2.58 bits per heavy atom. The predicted molar refractivity (Wildman–Crippen MR) is 89.2 cm³/mol. The normalized spacial score (nSPS) is 9.83. The third-order valence-electron chi connectivity index (χ3n) is 3.28. The molecule has 6 heteroatoms. The van der Waals surface area contributed by atoms with Gasteiger partial charge in [0.15, 0.2) is 0 Å². The van der Waals surface area contributed by atoms with E-state index >= 15 is 0 Å². The zero-order valence-corrected chi connectivity index (χ0v) is 14.1. The third-order valence-corrected chi connectivity index (χ3v) is 3.28. The lowest BCUT2D eigenvalue weighted by Crippen LogP contribution is -2.34. The van der Waals surface area contributed by atoms with Gasteiger partial charge in [-0.25, -0.2) is 0 Å². The molecule has 24 heavy (non-hydrogen) atoms. The molecule has 0 atom stereocenters. The predicted octanol–water partition coefficient (Wildman–Crippen LogP) is 2.54. The zero-order valence-electron chi connectivity index (χ0n) is 14.1. The van der Waals surface area contributed by atoms with Crippen molar-refractivity contribution in [2.45, 2.75) is 32.6 Å². The van der Waals surface area contributed by atoms with Crippen LogP contribution in [0, 0.1) is 11.3 Å². The first-order valence-corrected chi connectivity index (χ1v) is 8.15. The summed E-state index contributed by atoms with van der Waals surface area (Å²) in [6.45, 7) is 3.11. The van der Waals surface area contributed by atoms with Gasteiger partial charge in [-0.05, 0) is 25.5 Å². The number of hydrogen-bond acceptors (Lipinski definition) is 5. The number of nitrogens with zero attached hydrogens (tertiary/aromatic N) is 2. The summed E-state index contributed by atoms with van der Waals surface area (Å²) in [7, 11) is 0. The van der Waals surface area contributed by atoms with Crippen molar-refractivity contribution in [3.05, 3.63) is 30.3 Å². The molecule has 1 amide bonds. The van der Waals surface area contributed by atoms with Gasteiger partial charge in [0, 0.05) is 19.5 Å². The molecule has 0 bridgehead atoms. The van der Waals surface area contributed by atoms with Crippen molar-refractivity contribution < 1.29 is 19.1 Å². The maximum Gasteiger partial charge on any atom is 0.307 e. The molecule has 0 aliphatic heterocycles. The second kappa shape index (κ2) is 11.9. The number of amides is 1. The van der Waals surface area contributed by atoms with Crippen molar-refractivity contribution in [2.24, 2.45) is 0 Å². The van der Waals surface area contributed by atoms with Gasteiger partial charge in [-0.15, -0.1) is 0 Å². The van der Waals surface area contributed by atoms with E-state index in [2.05, 4.69) is 0 Å². The van der Waals surface area contributed by atoms with Gasteiger partial charge in [-0.3, -0.25) is 9.59 Å². The van der Waals surface area contributed by atoms with Crippen molar-refractivity contribution in [1.82, 2.24) is 4.90 Å². The molecule has 130 valence electrons. The van der Waals surface area contributed by atoms with E-state index in [1.54, 1.807) is 11.8 Å². The Kier molecular flexibility index (Phi) is 9.70. The minimum atomic E-state index is -0.334. The Bertz CT molecular complexity index is 540. The molecule has 0 unspecified atom stereocenters. The van der Waals surface area contributed by atoms with E-state index in [9.17, 15) is 9.59 Å². The minimum absolute atomic E-state index is 0.0776. The van der Waals surface area contributed by atoms with Crippen molar-refractivity contribution >= 4 is 11.9 Å². The summed E-state index contributed by atoms with van der Waals surface area (Å²) in [5.41, 5.74) is 0. The monoisotopic (exact) mass is 332 g/mol. The quantitative estimate of drug-likeness (QED) is 0.459. The third kappa shape index (κ3) is 8.18. The number of hydrogen-bond donors (Lipinski definition) is 0. The summed E-state index contributed by atoms with van der Waals surface area (Å²) in [4.78, 5) is 25.2. The Labute approximate surface area is 143 Å². The van der Waals surface area contributed by atoms with Crippen LogP contribution < -0.4 is 4.74 Å². The van der Waals surface area contributed by atoms with Crippen LogP contribution in [0.15, 0.2) is 30.3 Å². The number of para-hydroxylation sites is 1. The van der Waals surface area contributed by atoms with Crippen molar-refractivity contribution in [3.8, 4) is 11.8 Å². The van der Waals surface area contributed by atoms with E-state index in [0.717, 1.165) is 5.75 Å². The van der Waals surface area contributed by atoms with Crippen LogP contribution in [0.3, 0.4) is 0 Å². The highest BCUT2D eigenvalue weighted by Gasteiger charge is 2.15. The van der Waals surface area contributed by atoms with Gasteiger partial charge < -0.3 is 14.4 Å². The van der Waals surface area contributed by atoms with E-state index in [1.807, 2.05) is 36.4 Å². The largest absolute Gasteiger partial charge is 0.494 e. The van der Waals surface area contributed by atoms with Crippen LogP contribution in [0.2, 0.25) is 0 Å². The molecule has 0 aliphatic carbocycles. The Hall–Kier alpha value is -2.55. The lowest BCUT2D eigenvalue weighted by molar-refractivity contribution is -0.144. The van der Waals surface area contributed by atoms with E-state index in [0.29, 0.717) is 32.6 Å². The van der Waals surface area contributed by atoms with Gasteiger partial charge in [0.2, 0.25) is 5.91 Å². The number of carbonyl (C=O) groups is 2. The average Bonchev–Trinajstić information content (AvgIpc) is 2.60. The van der Waals surface area contributed by atoms with Gasteiger partial charge in [0.1, 0.15) is 5.75 Å². The van der Waals surface area contributed by atoms with E-state index in [4.69, 9.17) is 14.7 Å². The van der Waals surface area contributed by atoms with Gasteiger partial charge >= 0.3 is 5.97 Å². The molecule has 0 saturated carbocycles. The number of carbonyl (C=O) groups excluding carboxylic acids is 2. The molecule has 0 N–H and O–H groups in total. The Balaban J connectivity index is 2.34. The van der Waals surface area contributed by atoms with Crippen LogP contribution in [0.25, 0.3) is 0 Å². The Morgan fingerprint density at radius 1 is 1.17 bits per heavy atom. The first kappa shape index (κ1) is 19.5. The van der Waals surface area contributed by atoms with E-state index in [1.165, 1.54) is 0 Å². The average molecular weight is 332 g/mol. The first-order chi connectivity index (χ1) is 11.7. The second-order valence-electron chi connectivity index (χ2n) is 5.11. The molecule has 6 nitrogen and oxygen atoms in total. The highest BCUT2D eigenvalue weighted by molar-refractivity contribution is 5.77. The molecule has 0 radical (unpaired) electrons. The van der Waals surface area contributed by atoms with Crippen LogP contribution >= 0.6 is 0 Å². The number of nitriles is 1. The van der Waals surface area contributed by atoms with Gasteiger partial charge in [-0.2, -0.15) is 5.26 Å². The number of esters is 1. The summed E-state index contributed by atoms with van der Waals surface area (Å²) >= 11 is 0. The van der Waals surface area contributed by atoms with Crippen molar-refractivity contribution in [1.29, 1.82) is 5.26 Å². The van der Waals surface area contributed by atoms with E-state index in [-0.39, 0.29) is 31.3 Å². The summed E-state index contributed by atoms with van der Waals surface area (Å²) in [6.07, 6.45) is 1.29. The van der Waals surface area contributed by atoms with Crippen molar-refractivity contribution in [2.75, 3.05) is 26.3 Å². The highest BCUT2D eigenvalue weighted by atomic mass is 16.5. The van der Waals surface area contributed by atoms with Crippen molar-refractivity contribution in [3.63, 3.8) is 0 Å². The molecule has 0 aliphatic rings. The van der Waals surface area contributed by atoms with Crippen LogP contribution in [0.5, 0.6) is 5.75 Å². The fourth-order valence-corrected chi connectivity index (χ4v) is 2.09. The second-order valence-corrected chi connectivity index (χ2v) is 5.11. The maximum atomic E-state index is 12.2. The standard InChI is InChI=1S/C18H24N2O4/c1-2-23-18(22)11-14-20(13-7-12-19)17(21)10-6-15-24-16-8-4-3-5-9-16/h3-5,8-9H,2,6-7,10-11,13-15H2,1H3. The number of benzene rings is 1. The SMILES string of the molecule is CCOC(=O)CCN(CCC#N)C(=O)CCCOc1ccccc1. The number of rotatable bonds is 11. The van der Waals surface area contributed by atoms with Gasteiger partial charge in [-0.1, -0.05) is 18.2 Å². The first-order valence-electron chi connectivity index (χ1n) is 8.15. The molecular weight excluding hydrogens is 308 g/mol. The zero-order chi connectivity index (χ0) is 17.6. The fourth-order valence-electron chi connectivity index (χ4n) is 2.09. The lowest BCUT2D eigenvalue weighted by Gasteiger charge is -2.21. The minimum Gasteiger partial charge on any atom is -0.494 e. The maximum absolute atomic E-state index is 12.2. The topological polar surface area (TPSA) is 79.6 Å². The van der Waals surface area contributed by atoms with Crippen LogP contribution in [-0.4, -0.2) is 43.1 Å². The lowest BCUT2D eigenvalue weighted by atomic mass is 10.2. The molecule has 0 saturated heterocycles. The summed E-state index contributed by atoms with van der Waals surface area (Å²) in [5.74, 6) is 0.361. The molecule has 0 fully saturated rings. The summed E-state index contributed by atoms with van der Waals surface area (Å²) in [5, 5.41) is 8.70. The summed E-state index contributed by atoms with van der Waals surface area (Å²) < 4.78 is 10.4. The number of ether oxygens (including phenoxy) is 2. The molecule has 1 aromatic carbocycles. The van der Waals surface area contributed by atoms with E-state index < -0.39 is 0 Å². The Morgan fingerprint density at radius 2 is 1.92 bits per heavy atom. The molecule has 0 spiro atoms. The summed E-state index contributed by atoms with van der Waals surface area (Å²) in [6, 6.07) is 11.4. The van der Waals surface area contributed by atoms with Crippen LogP contribution in [-0.2, 0) is 14.3 Å². The smallest absolute Gasteiger partial charge is 0.307 e. The van der Waals surface area contributed by atoms with Crippen LogP contribution in [0.4, 0.5) is 0 Å². The molecular formula is C18H24N2O4. The van der Waals surface area contributed by atoms with Gasteiger partial charge in [0.05, 0.1) is 32.1 Å².